The number of benzene rings is 1. The fourth-order valence-corrected chi connectivity index (χ4v) is 4.12. The maximum Gasteiger partial charge on any atom is 0.411 e. The van der Waals surface area contributed by atoms with Crippen LogP contribution in [0.5, 0.6) is 0 Å². The van der Waals surface area contributed by atoms with Crippen LogP contribution in [0.15, 0.2) is 28.8 Å². The summed E-state index contributed by atoms with van der Waals surface area (Å²) in [5.41, 5.74) is 1.18. The van der Waals surface area contributed by atoms with Crippen LogP contribution in [0.3, 0.4) is 0 Å². The standard InChI is InChI=1S/C20H29N5O5S.HI/c1-15-22-19(30-24-15)17-6-4-5-7-18(17)23-20(26)29-14-16-8-11-25(2,12-9-16)13-10-21-31(3,27)28;/h4-7,16,21H,8-14H2,1-3H3;1H. The molecule has 0 spiro atoms. The smallest absolute Gasteiger partial charge is 0.411 e. The molecule has 1 aliphatic rings. The van der Waals surface area contributed by atoms with Crippen molar-refractivity contribution in [3.05, 3.63) is 30.1 Å². The number of halogens is 1. The number of piperidine rings is 1. The number of aryl methyl sites for hydroxylation is 1. The molecule has 0 aliphatic carbocycles. The second kappa shape index (κ2) is 11.4. The molecule has 1 aromatic carbocycles. The van der Waals surface area contributed by atoms with Crippen molar-refractivity contribution < 1.29 is 50.9 Å². The van der Waals surface area contributed by atoms with Gasteiger partial charge < -0.3 is 37.7 Å². The number of carbonyl (C=O) groups excluding carboxylic acids is 1. The van der Waals surface area contributed by atoms with Gasteiger partial charge in [-0.25, -0.2) is 17.9 Å². The van der Waals surface area contributed by atoms with Gasteiger partial charge in [-0.1, -0.05) is 17.3 Å². The van der Waals surface area contributed by atoms with Crippen molar-refractivity contribution in [2.75, 3.05) is 51.4 Å². The zero-order chi connectivity index (χ0) is 22.5. The van der Waals surface area contributed by atoms with Crippen LogP contribution in [0.1, 0.15) is 18.7 Å². The maximum absolute atomic E-state index is 12.3. The van der Waals surface area contributed by atoms with Crippen molar-refractivity contribution in [1.29, 1.82) is 0 Å². The fourth-order valence-electron chi connectivity index (χ4n) is 3.66. The number of rotatable bonds is 8. The van der Waals surface area contributed by atoms with E-state index < -0.39 is 16.1 Å². The Morgan fingerprint density at radius 2 is 1.97 bits per heavy atom. The van der Waals surface area contributed by atoms with E-state index in [2.05, 4.69) is 27.2 Å². The van der Waals surface area contributed by atoms with Crippen LogP contribution in [0.2, 0.25) is 0 Å². The predicted octanol–water partition coefficient (Wildman–Crippen LogP) is -0.997. The zero-order valence-electron chi connectivity index (χ0n) is 18.5. The highest BCUT2D eigenvalue weighted by molar-refractivity contribution is 7.88. The molecule has 3 rings (SSSR count). The molecule has 178 valence electrons. The van der Waals surface area contributed by atoms with Crippen molar-refractivity contribution in [1.82, 2.24) is 14.9 Å². The van der Waals surface area contributed by atoms with Crippen LogP contribution >= 0.6 is 0 Å². The summed E-state index contributed by atoms with van der Waals surface area (Å²) >= 11 is 0. The van der Waals surface area contributed by atoms with Crippen LogP contribution in [0, 0.1) is 12.8 Å². The van der Waals surface area contributed by atoms with E-state index in [1.54, 1.807) is 25.1 Å². The van der Waals surface area contributed by atoms with Gasteiger partial charge in [0.2, 0.25) is 10.0 Å². The third-order valence-corrected chi connectivity index (χ3v) is 6.27. The van der Waals surface area contributed by atoms with Crippen LogP contribution in [0.4, 0.5) is 10.5 Å². The number of para-hydroxylation sites is 1. The first-order chi connectivity index (χ1) is 14.6. The summed E-state index contributed by atoms with van der Waals surface area (Å²) in [6.07, 6.45) is 2.48. The van der Waals surface area contributed by atoms with E-state index in [4.69, 9.17) is 9.26 Å². The quantitative estimate of drug-likeness (QED) is 0.304. The van der Waals surface area contributed by atoms with Gasteiger partial charge in [-0.05, 0) is 19.1 Å². The van der Waals surface area contributed by atoms with Crippen LogP contribution in [-0.2, 0) is 14.8 Å². The first kappa shape index (κ1) is 26.5. The van der Waals surface area contributed by atoms with Gasteiger partial charge in [0.05, 0.1) is 57.3 Å². The number of anilines is 1. The summed E-state index contributed by atoms with van der Waals surface area (Å²) in [7, 11) is -1.04. The van der Waals surface area contributed by atoms with Crippen LogP contribution < -0.4 is 34.0 Å². The van der Waals surface area contributed by atoms with Gasteiger partial charge in [-0.3, -0.25) is 5.32 Å². The van der Waals surface area contributed by atoms with Crippen molar-refractivity contribution in [3.63, 3.8) is 0 Å². The molecule has 1 saturated heterocycles. The molecule has 0 atom stereocenters. The van der Waals surface area contributed by atoms with Gasteiger partial charge in [0.25, 0.3) is 5.89 Å². The molecule has 1 amide bonds. The van der Waals surface area contributed by atoms with Gasteiger partial charge in [0.1, 0.15) is 0 Å². The van der Waals surface area contributed by atoms with Gasteiger partial charge in [-0.15, -0.1) is 0 Å². The number of likely N-dealkylation sites (tertiary alicyclic amines) is 1. The molecular weight excluding hydrogens is 549 g/mol. The molecule has 1 fully saturated rings. The van der Waals surface area contributed by atoms with Gasteiger partial charge >= 0.3 is 6.09 Å². The Hall–Kier alpha value is -1.77. The first-order valence-electron chi connectivity index (χ1n) is 10.3. The molecule has 0 radical (unpaired) electrons. The number of quaternary nitrogens is 1. The monoisotopic (exact) mass is 579 g/mol. The minimum absolute atomic E-state index is 0. The number of carbonyl (C=O) groups is 1. The molecule has 2 heterocycles. The number of aromatic nitrogens is 2. The number of hydrogen-bond acceptors (Lipinski definition) is 7. The van der Waals surface area contributed by atoms with E-state index in [-0.39, 0.29) is 29.9 Å². The van der Waals surface area contributed by atoms with E-state index in [9.17, 15) is 13.2 Å². The molecule has 0 bridgehead atoms. The Morgan fingerprint density at radius 3 is 2.59 bits per heavy atom. The van der Waals surface area contributed by atoms with E-state index in [1.807, 2.05) is 6.07 Å². The highest BCUT2D eigenvalue weighted by Crippen LogP contribution is 2.27. The number of likely N-dealkylation sites (N-methyl/N-ethyl adjacent to an activating group) is 1. The maximum atomic E-state index is 12.3. The third kappa shape index (κ3) is 7.98. The minimum Gasteiger partial charge on any atom is -1.00 e. The highest BCUT2D eigenvalue weighted by atomic mass is 127. The normalized spacial score (nSPS) is 20.9. The molecular formula is C20H30IN5O5S. The van der Waals surface area contributed by atoms with Gasteiger partial charge in [-0.2, -0.15) is 4.98 Å². The molecule has 0 saturated carbocycles. The molecule has 1 aliphatic heterocycles. The largest absolute Gasteiger partial charge is 1.00 e. The van der Waals surface area contributed by atoms with Gasteiger partial charge in [0, 0.05) is 18.8 Å². The van der Waals surface area contributed by atoms with Gasteiger partial charge in [0.15, 0.2) is 5.82 Å². The topological polar surface area (TPSA) is 123 Å². The number of ether oxygens (including phenoxy) is 1. The summed E-state index contributed by atoms with van der Waals surface area (Å²) in [5, 5.41) is 6.55. The second-order valence-corrected chi connectivity index (χ2v) is 10.1. The lowest BCUT2D eigenvalue weighted by molar-refractivity contribution is -0.914. The molecule has 0 unspecified atom stereocenters. The van der Waals surface area contributed by atoms with Crippen LogP contribution in [-0.4, -0.2) is 75.2 Å². The SMILES string of the molecule is Cc1noc(-c2ccccc2NC(=O)OCC2CC[N+](C)(CCNS(C)(=O)=O)CC2)n1.[I-]. The first-order valence-corrected chi connectivity index (χ1v) is 12.1. The van der Waals surface area contributed by atoms with E-state index in [0.29, 0.717) is 36.1 Å². The Balaban J connectivity index is 0.00000363. The van der Waals surface area contributed by atoms with Crippen molar-refractivity contribution in [2.45, 2.75) is 19.8 Å². The summed E-state index contributed by atoms with van der Waals surface area (Å²) in [5.74, 6) is 1.14. The lowest BCUT2D eigenvalue weighted by Gasteiger charge is -2.40. The van der Waals surface area contributed by atoms with E-state index in [1.165, 1.54) is 6.26 Å². The minimum atomic E-state index is -3.16. The van der Waals surface area contributed by atoms with Crippen molar-refractivity contribution >= 4 is 21.8 Å². The van der Waals surface area contributed by atoms with E-state index in [0.717, 1.165) is 37.0 Å². The predicted molar refractivity (Wildman–Crippen MR) is 116 cm³/mol. The average molecular weight is 579 g/mol. The zero-order valence-corrected chi connectivity index (χ0v) is 21.5. The summed E-state index contributed by atoms with van der Waals surface area (Å²) in [6.45, 7) is 5.08. The van der Waals surface area contributed by atoms with Crippen molar-refractivity contribution in [3.8, 4) is 11.5 Å². The molecule has 2 N–H and O–H groups in total. The molecule has 10 nitrogen and oxygen atoms in total. The molecule has 12 heteroatoms. The number of amides is 1. The Kier molecular flexibility index (Phi) is 9.42. The number of nitrogens with zero attached hydrogens (tertiary/aromatic N) is 3. The lowest BCUT2D eigenvalue weighted by Crippen LogP contribution is -3.00. The average Bonchev–Trinajstić information content (AvgIpc) is 3.13. The summed E-state index contributed by atoms with van der Waals surface area (Å²) in [6, 6.07) is 7.18. The Bertz CT molecular complexity index is 1010. The Labute approximate surface area is 205 Å². The lowest BCUT2D eigenvalue weighted by atomic mass is 9.96. The second-order valence-electron chi connectivity index (χ2n) is 8.32. The van der Waals surface area contributed by atoms with Crippen molar-refractivity contribution in [2.24, 2.45) is 5.92 Å². The number of hydrogen-bond donors (Lipinski definition) is 2. The highest BCUT2D eigenvalue weighted by Gasteiger charge is 2.30. The van der Waals surface area contributed by atoms with Crippen LogP contribution in [0.25, 0.3) is 11.5 Å². The number of sulfonamides is 1. The number of nitrogens with one attached hydrogen (secondary N) is 2. The molecule has 1 aromatic heterocycles. The summed E-state index contributed by atoms with van der Waals surface area (Å²) < 4.78 is 36.5. The fraction of sp³-hybridized carbons (Fsp3) is 0.550. The van der Waals surface area contributed by atoms with E-state index >= 15 is 0 Å². The summed E-state index contributed by atoms with van der Waals surface area (Å²) in [4.78, 5) is 16.5. The third-order valence-electron chi connectivity index (χ3n) is 5.54. The molecule has 32 heavy (non-hydrogen) atoms. The Morgan fingerprint density at radius 1 is 1.28 bits per heavy atom. The molecule has 2 aromatic rings.